The zero-order valence-corrected chi connectivity index (χ0v) is 14.9. The summed E-state index contributed by atoms with van der Waals surface area (Å²) in [5.74, 6) is 0. The van der Waals surface area contributed by atoms with E-state index in [1.165, 1.54) is 30.1 Å². The summed E-state index contributed by atoms with van der Waals surface area (Å²) >= 11 is 6.93. The van der Waals surface area contributed by atoms with Crippen LogP contribution in [0.4, 0.5) is 5.69 Å². The molecule has 6 nitrogen and oxygen atoms in total. The fourth-order valence-electron chi connectivity index (χ4n) is 2.61. The second-order valence-electron chi connectivity index (χ2n) is 5.88. The van der Waals surface area contributed by atoms with Crippen molar-refractivity contribution < 1.29 is 9.66 Å². The van der Waals surface area contributed by atoms with Crippen molar-refractivity contribution in [1.29, 1.82) is 0 Å². The molecule has 1 atom stereocenters. The Hall–Kier alpha value is -1.67. The lowest BCUT2D eigenvalue weighted by Crippen LogP contribution is -2.48. The average Bonchev–Trinajstić information content (AvgIpc) is 2.69. The van der Waals surface area contributed by atoms with Crippen LogP contribution in [0.25, 0.3) is 0 Å². The molecule has 1 heterocycles. The Morgan fingerprint density at radius 2 is 1.96 bits per heavy atom. The first kappa shape index (κ1) is 17.7. The first-order valence-electron chi connectivity index (χ1n) is 7.30. The number of nitrogens with zero attached hydrogens (tertiary/aromatic N) is 3. The van der Waals surface area contributed by atoms with E-state index in [1.807, 2.05) is 25.7 Å². The number of nitro benzene ring substituents is 1. The van der Waals surface area contributed by atoms with E-state index in [0.29, 0.717) is 5.56 Å². The van der Waals surface area contributed by atoms with Crippen LogP contribution in [-0.2, 0) is 0 Å². The molecule has 0 spiro atoms. The lowest BCUT2D eigenvalue weighted by molar-refractivity contribution is -0.523. The van der Waals surface area contributed by atoms with E-state index in [1.54, 1.807) is 12.1 Å². The molecule has 1 fully saturated rings. The van der Waals surface area contributed by atoms with Crippen LogP contribution in [0.1, 0.15) is 32.8 Å². The van der Waals surface area contributed by atoms with Gasteiger partial charge in [-0.1, -0.05) is 30.9 Å². The Balaban J connectivity index is 2.30. The van der Waals surface area contributed by atoms with Crippen molar-refractivity contribution in [3.8, 4) is 0 Å². The van der Waals surface area contributed by atoms with Gasteiger partial charge >= 0.3 is 0 Å². The van der Waals surface area contributed by atoms with E-state index >= 15 is 0 Å². The summed E-state index contributed by atoms with van der Waals surface area (Å²) in [4.78, 5) is 12.2. The summed E-state index contributed by atoms with van der Waals surface area (Å²) in [6.45, 7) is 6.77. The Morgan fingerprint density at radius 1 is 1.35 bits per heavy atom. The van der Waals surface area contributed by atoms with Crippen LogP contribution >= 0.6 is 24.0 Å². The highest BCUT2D eigenvalue weighted by molar-refractivity contribution is 8.24. The molecule has 8 heteroatoms. The third-order valence-electron chi connectivity index (χ3n) is 3.59. The standard InChI is InChI=1S/C15H19N3O3S2/c1-4-9-16-13(15(2,3)23-14(16)22)17(19)10-11-5-7-12(8-6-11)18(20)21/h5-8,10,13H,4,9H2,1-3H3/b17-10-/t13-/m1/s1. The maximum atomic E-state index is 12.7. The summed E-state index contributed by atoms with van der Waals surface area (Å²) in [6, 6.07) is 5.92. The summed E-state index contributed by atoms with van der Waals surface area (Å²) < 4.78 is 1.31. The van der Waals surface area contributed by atoms with Crippen molar-refractivity contribution in [2.24, 2.45) is 0 Å². The van der Waals surface area contributed by atoms with E-state index in [9.17, 15) is 15.3 Å². The quantitative estimate of drug-likeness (QED) is 0.202. The van der Waals surface area contributed by atoms with Gasteiger partial charge < -0.3 is 5.21 Å². The zero-order chi connectivity index (χ0) is 17.2. The molecule has 0 bridgehead atoms. The minimum atomic E-state index is -0.461. The van der Waals surface area contributed by atoms with E-state index < -0.39 is 11.1 Å². The normalized spacial score (nSPS) is 20.8. The molecule has 1 aromatic rings. The van der Waals surface area contributed by atoms with Crippen LogP contribution in [0.2, 0.25) is 0 Å². The third-order valence-corrected chi connectivity index (χ3v) is 5.22. The fraction of sp³-hybridized carbons (Fsp3) is 0.467. The first-order chi connectivity index (χ1) is 10.8. The topological polar surface area (TPSA) is 72.5 Å². The van der Waals surface area contributed by atoms with Crippen LogP contribution < -0.4 is 0 Å². The number of thiocarbonyl (C=S) groups is 1. The van der Waals surface area contributed by atoms with Gasteiger partial charge in [-0.25, -0.2) is 0 Å². The number of hydroxylamine groups is 1. The fourth-order valence-corrected chi connectivity index (χ4v) is 4.54. The zero-order valence-electron chi connectivity index (χ0n) is 13.3. The van der Waals surface area contributed by atoms with Crippen LogP contribution in [0.5, 0.6) is 0 Å². The molecule has 23 heavy (non-hydrogen) atoms. The minimum Gasteiger partial charge on any atom is -0.622 e. The Bertz CT molecular complexity index is 644. The number of thioether (sulfide) groups is 1. The molecule has 0 unspecified atom stereocenters. The number of hydrogen-bond acceptors (Lipinski definition) is 5. The Morgan fingerprint density at radius 3 is 2.48 bits per heavy atom. The summed E-state index contributed by atoms with van der Waals surface area (Å²) in [5, 5.41) is 23.4. The molecule has 124 valence electrons. The minimum absolute atomic E-state index is 0.00476. The van der Waals surface area contributed by atoms with Gasteiger partial charge in [0, 0.05) is 24.2 Å². The van der Waals surface area contributed by atoms with E-state index in [0.717, 1.165) is 22.0 Å². The molecule has 0 aromatic heterocycles. The van der Waals surface area contributed by atoms with Crippen LogP contribution in [-0.4, -0.2) is 42.6 Å². The second kappa shape index (κ2) is 6.84. The average molecular weight is 353 g/mol. The molecule has 0 amide bonds. The molecular formula is C15H19N3O3S2. The molecule has 0 radical (unpaired) electrons. The number of nitro groups is 1. The largest absolute Gasteiger partial charge is 0.622 e. The van der Waals surface area contributed by atoms with Crippen molar-refractivity contribution in [2.75, 3.05) is 6.54 Å². The molecule has 0 N–H and O–H groups in total. The molecule has 2 rings (SSSR count). The van der Waals surface area contributed by atoms with Gasteiger partial charge in [0.1, 0.15) is 9.07 Å². The van der Waals surface area contributed by atoms with Gasteiger partial charge in [0.2, 0.25) is 0 Å². The highest BCUT2D eigenvalue weighted by atomic mass is 32.2. The number of non-ortho nitro benzene ring substituents is 1. The van der Waals surface area contributed by atoms with Crippen molar-refractivity contribution in [3.05, 3.63) is 45.2 Å². The Kier molecular flexibility index (Phi) is 5.26. The SMILES string of the molecule is CCCN1C(=S)SC(C)(C)[C@H]1/[N+]([O-])=C/c1ccc([N+](=O)[O-])cc1. The maximum Gasteiger partial charge on any atom is 0.269 e. The molecule has 1 aliphatic rings. The molecule has 0 aliphatic carbocycles. The van der Waals surface area contributed by atoms with Crippen LogP contribution in [0, 0.1) is 15.3 Å². The van der Waals surface area contributed by atoms with Gasteiger partial charge in [-0.3, -0.25) is 15.0 Å². The third kappa shape index (κ3) is 3.81. The molecule has 1 aromatic carbocycles. The lowest BCUT2D eigenvalue weighted by atomic mass is 10.1. The van der Waals surface area contributed by atoms with E-state index in [-0.39, 0.29) is 10.4 Å². The first-order valence-corrected chi connectivity index (χ1v) is 8.53. The highest BCUT2D eigenvalue weighted by Gasteiger charge is 2.49. The van der Waals surface area contributed by atoms with Gasteiger partial charge in [-0.05, 0) is 32.4 Å². The van der Waals surface area contributed by atoms with Crippen molar-refractivity contribution in [1.82, 2.24) is 4.90 Å². The monoisotopic (exact) mass is 353 g/mol. The van der Waals surface area contributed by atoms with Gasteiger partial charge in [-0.2, -0.15) is 4.74 Å². The predicted octanol–water partition coefficient (Wildman–Crippen LogP) is 3.37. The van der Waals surface area contributed by atoms with E-state index in [4.69, 9.17) is 12.2 Å². The number of benzene rings is 1. The van der Waals surface area contributed by atoms with Gasteiger partial charge in [0.25, 0.3) is 11.9 Å². The summed E-state index contributed by atoms with van der Waals surface area (Å²) in [5.41, 5.74) is 0.630. The summed E-state index contributed by atoms with van der Waals surface area (Å²) in [6.07, 6.45) is 1.97. The number of hydrogen-bond donors (Lipinski definition) is 0. The molecule has 0 saturated carbocycles. The predicted molar refractivity (Wildman–Crippen MR) is 96.9 cm³/mol. The van der Waals surface area contributed by atoms with E-state index in [2.05, 4.69) is 0 Å². The lowest BCUT2D eigenvalue weighted by Gasteiger charge is -2.29. The maximum absolute atomic E-state index is 12.7. The highest BCUT2D eigenvalue weighted by Crippen LogP contribution is 2.41. The second-order valence-corrected chi connectivity index (χ2v) is 8.16. The molecular weight excluding hydrogens is 334 g/mol. The molecule has 1 saturated heterocycles. The van der Waals surface area contributed by atoms with Gasteiger partial charge in [0.15, 0.2) is 6.21 Å². The van der Waals surface area contributed by atoms with Gasteiger partial charge in [-0.15, -0.1) is 0 Å². The van der Waals surface area contributed by atoms with Crippen molar-refractivity contribution >= 4 is 40.2 Å². The van der Waals surface area contributed by atoms with Crippen molar-refractivity contribution in [3.63, 3.8) is 0 Å². The van der Waals surface area contributed by atoms with Crippen molar-refractivity contribution in [2.45, 2.75) is 38.1 Å². The van der Waals surface area contributed by atoms with Crippen LogP contribution in [0.15, 0.2) is 24.3 Å². The molecule has 1 aliphatic heterocycles. The smallest absolute Gasteiger partial charge is 0.269 e. The number of rotatable bonds is 5. The van der Waals surface area contributed by atoms with Gasteiger partial charge in [0.05, 0.1) is 4.92 Å². The van der Waals surface area contributed by atoms with Crippen LogP contribution in [0.3, 0.4) is 0 Å². The summed E-state index contributed by atoms with van der Waals surface area (Å²) in [7, 11) is 0. The Labute approximate surface area is 144 Å².